The summed E-state index contributed by atoms with van der Waals surface area (Å²) in [6, 6.07) is -0.876. The van der Waals surface area contributed by atoms with E-state index in [0.717, 1.165) is 70.6 Å². The van der Waals surface area contributed by atoms with Crippen molar-refractivity contribution in [3.05, 3.63) is 60.8 Å². The Bertz CT molecular complexity index is 1030. The van der Waals surface area contributed by atoms with Gasteiger partial charge in [-0.15, -0.1) is 0 Å². The number of unbranched alkanes of at least 4 members (excludes halogenated alkanes) is 17. The second-order valence-electron chi connectivity index (χ2n) is 14.7. The van der Waals surface area contributed by atoms with Gasteiger partial charge in [-0.3, -0.25) is 9.59 Å². The fourth-order valence-electron chi connectivity index (χ4n) is 6.18. The van der Waals surface area contributed by atoms with Crippen LogP contribution in [0.1, 0.15) is 200 Å². The van der Waals surface area contributed by atoms with Crippen LogP contribution in [0.3, 0.4) is 0 Å². The molecule has 0 saturated carbocycles. The van der Waals surface area contributed by atoms with Gasteiger partial charge >= 0.3 is 11.9 Å². The number of hydrogen-bond acceptors (Lipinski definition) is 5. The molecule has 0 radical (unpaired) electrons. The van der Waals surface area contributed by atoms with E-state index in [-0.39, 0.29) is 18.0 Å². The van der Waals surface area contributed by atoms with Crippen LogP contribution in [0.5, 0.6) is 0 Å². The first-order valence-electron chi connectivity index (χ1n) is 22.1. The first-order chi connectivity index (χ1) is 26.4. The molecule has 2 unspecified atom stereocenters. The van der Waals surface area contributed by atoms with Gasteiger partial charge in [0, 0.05) is 12.8 Å². The second-order valence-corrected chi connectivity index (χ2v) is 14.7. The molecule has 0 fully saturated rings. The molecule has 0 spiro atoms. The summed E-state index contributed by atoms with van der Waals surface area (Å²) < 4.78 is 5.88. The van der Waals surface area contributed by atoms with Gasteiger partial charge in [0.25, 0.3) is 0 Å². The average molecular weight is 755 g/mol. The van der Waals surface area contributed by atoms with Gasteiger partial charge in [-0.25, -0.2) is 4.79 Å². The number of esters is 1. The highest BCUT2D eigenvalue weighted by atomic mass is 16.5. The van der Waals surface area contributed by atoms with Crippen LogP contribution in [0.2, 0.25) is 0 Å². The Morgan fingerprint density at radius 3 is 1.63 bits per heavy atom. The number of carbonyl (C=O) groups is 3. The molecule has 7 heteroatoms. The van der Waals surface area contributed by atoms with Gasteiger partial charge in [-0.1, -0.05) is 152 Å². The zero-order valence-corrected chi connectivity index (χ0v) is 34.8. The third-order valence-electron chi connectivity index (χ3n) is 9.52. The normalized spacial score (nSPS) is 13.2. The van der Waals surface area contributed by atoms with Crippen molar-refractivity contribution in [1.82, 2.24) is 5.32 Å². The number of carbonyl (C=O) groups excluding carboxylic acids is 2. The maximum atomic E-state index is 12.7. The maximum Gasteiger partial charge on any atom is 0.326 e. The highest BCUT2D eigenvalue weighted by molar-refractivity contribution is 5.83. The first kappa shape index (κ1) is 51.1. The lowest BCUT2D eigenvalue weighted by molar-refractivity contribution is -0.147. The number of allylic oxidation sites excluding steroid dienone is 9. The number of amides is 1. The molecule has 0 rings (SSSR count). The summed E-state index contributed by atoms with van der Waals surface area (Å²) in [5.74, 6) is -1.37. The molecule has 0 heterocycles. The van der Waals surface area contributed by atoms with E-state index in [1.807, 2.05) is 6.08 Å². The standard InChI is InChI=1S/C47H82N2O5/c1-3-5-7-9-11-12-13-14-15-16-17-18-19-20-21-22-23-24-25-26-27-29-35-41-46(51)54-43(37-32-28-10-8-6-4-2)38-33-30-31-34-40-45(50)49-44(47(52)53)39-36-42-48/h8,10,13-14,16-17,19-20,32,37,43-44H,3-7,9,11-12,15,18,21-31,33-36,38-42,48H2,1-2H3,(H,49,50)(H,52,53)/b10-8-,14-13-,17-16-,20-19-,37-32-. The summed E-state index contributed by atoms with van der Waals surface area (Å²) in [6.07, 6.45) is 51.6. The fraction of sp³-hybridized carbons (Fsp3) is 0.723. The number of rotatable bonds is 39. The number of aliphatic carboxylic acids is 1. The van der Waals surface area contributed by atoms with Gasteiger partial charge < -0.3 is 20.9 Å². The summed E-state index contributed by atoms with van der Waals surface area (Å²) in [7, 11) is 0. The molecule has 7 nitrogen and oxygen atoms in total. The molecule has 0 aliphatic heterocycles. The summed E-state index contributed by atoms with van der Waals surface area (Å²) in [5.41, 5.74) is 5.47. The lowest BCUT2D eigenvalue weighted by Crippen LogP contribution is -2.40. The third-order valence-corrected chi connectivity index (χ3v) is 9.52. The number of carboxylic acids is 1. The third kappa shape index (κ3) is 37.4. The Labute approximate surface area is 331 Å². The summed E-state index contributed by atoms with van der Waals surface area (Å²) in [6.45, 7) is 4.83. The van der Waals surface area contributed by atoms with Gasteiger partial charge in [-0.05, 0) is 103 Å². The number of nitrogens with two attached hydrogens (primary N) is 1. The van der Waals surface area contributed by atoms with Crippen LogP contribution >= 0.6 is 0 Å². The predicted molar refractivity (Wildman–Crippen MR) is 229 cm³/mol. The summed E-state index contributed by atoms with van der Waals surface area (Å²) in [5, 5.41) is 11.9. The molecule has 54 heavy (non-hydrogen) atoms. The van der Waals surface area contributed by atoms with E-state index in [9.17, 15) is 19.5 Å². The monoisotopic (exact) mass is 755 g/mol. The molecule has 2 atom stereocenters. The Morgan fingerprint density at radius 2 is 1.06 bits per heavy atom. The molecule has 310 valence electrons. The summed E-state index contributed by atoms with van der Waals surface area (Å²) >= 11 is 0. The smallest absolute Gasteiger partial charge is 0.326 e. The molecule has 0 aromatic rings. The van der Waals surface area contributed by atoms with E-state index in [2.05, 4.69) is 73.8 Å². The molecular formula is C47H82N2O5. The van der Waals surface area contributed by atoms with Crippen molar-refractivity contribution in [3.63, 3.8) is 0 Å². The molecule has 0 aromatic heterocycles. The van der Waals surface area contributed by atoms with Gasteiger partial charge in [0.05, 0.1) is 0 Å². The van der Waals surface area contributed by atoms with E-state index in [1.165, 1.54) is 83.5 Å². The second kappa shape index (κ2) is 41.2. The van der Waals surface area contributed by atoms with Crippen molar-refractivity contribution < 1.29 is 24.2 Å². The van der Waals surface area contributed by atoms with Crippen LogP contribution in [0.4, 0.5) is 0 Å². The number of carboxylic acid groups (broad SMARTS) is 1. The van der Waals surface area contributed by atoms with Crippen LogP contribution in [0, 0.1) is 0 Å². The van der Waals surface area contributed by atoms with Crippen molar-refractivity contribution in [2.45, 2.75) is 212 Å². The molecule has 4 N–H and O–H groups in total. The van der Waals surface area contributed by atoms with Crippen LogP contribution in [-0.2, 0) is 19.1 Å². The zero-order valence-electron chi connectivity index (χ0n) is 34.8. The molecule has 0 bridgehead atoms. The highest BCUT2D eigenvalue weighted by Crippen LogP contribution is 2.15. The quantitative estimate of drug-likeness (QED) is 0.0327. The topological polar surface area (TPSA) is 119 Å². The van der Waals surface area contributed by atoms with Gasteiger partial charge in [0.1, 0.15) is 12.1 Å². The minimum atomic E-state index is -1.02. The minimum Gasteiger partial charge on any atom is -0.480 e. The molecule has 0 aliphatic carbocycles. The Balaban J connectivity index is 4.09. The minimum absolute atomic E-state index is 0.116. The van der Waals surface area contributed by atoms with E-state index in [0.29, 0.717) is 38.6 Å². The Morgan fingerprint density at radius 1 is 0.556 bits per heavy atom. The highest BCUT2D eigenvalue weighted by Gasteiger charge is 2.19. The maximum absolute atomic E-state index is 12.7. The lowest BCUT2D eigenvalue weighted by atomic mass is 10.1. The van der Waals surface area contributed by atoms with Crippen molar-refractivity contribution in [1.29, 1.82) is 0 Å². The Hall–Kier alpha value is -2.93. The van der Waals surface area contributed by atoms with Gasteiger partial charge in [0.15, 0.2) is 0 Å². The molecule has 0 aromatic carbocycles. The number of hydrogen-bond donors (Lipinski definition) is 3. The van der Waals surface area contributed by atoms with Crippen molar-refractivity contribution in [2.75, 3.05) is 6.54 Å². The van der Waals surface area contributed by atoms with Crippen LogP contribution < -0.4 is 11.1 Å². The van der Waals surface area contributed by atoms with E-state index >= 15 is 0 Å². The van der Waals surface area contributed by atoms with Gasteiger partial charge in [0.2, 0.25) is 5.91 Å². The number of nitrogens with one attached hydrogen (secondary N) is 1. The zero-order chi connectivity index (χ0) is 39.6. The van der Waals surface area contributed by atoms with Crippen molar-refractivity contribution in [3.8, 4) is 0 Å². The molecule has 0 saturated heterocycles. The van der Waals surface area contributed by atoms with Crippen molar-refractivity contribution >= 4 is 17.8 Å². The average Bonchev–Trinajstić information content (AvgIpc) is 3.16. The molecule has 1 amide bonds. The van der Waals surface area contributed by atoms with Crippen LogP contribution in [-0.4, -0.2) is 41.6 Å². The van der Waals surface area contributed by atoms with Crippen LogP contribution in [0.15, 0.2) is 60.8 Å². The lowest BCUT2D eigenvalue weighted by Gasteiger charge is -2.15. The van der Waals surface area contributed by atoms with E-state index in [4.69, 9.17) is 10.5 Å². The van der Waals surface area contributed by atoms with Gasteiger partial charge in [-0.2, -0.15) is 0 Å². The SMILES string of the molecule is CCC/C=C\C/C=C\C(CCCCCCC(=O)NC(CCCN)C(=O)O)OC(=O)CCCCCCCCCC/C=C\C/C=C\C/C=C\CCCCCCC. The molecule has 0 aliphatic rings. The van der Waals surface area contributed by atoms with E-state index in [1.54, 1.807) is 0 Å². The fourth-order valence-corrected chi connectivity index (χ4v) is 6.18. The van der Waals surface area contributed by atoms with Crippen molar-refractivity contribution in [2.24, 2.45) is 5.73 Å². The predicted octanol–water partition coefficient (Wildman–Crippen LogP) is 12.6. The number of ether oxygens (including phenoxy) is 1. The van der Waals surface area contributed by atoms with E-state index < -0.39 is 12.0 Å². The van der Waals surface area contributed by atoms with Crippen LogP contribution in [0.25, 0.3) is 0 Å². The Kier molecular flexibility index (Phi) is 39.0. The largest absolute Gasteiger partial charge is 0.480 e. The molecular weight excluding hydrogens is 673 g/mol. The summed E-state index contributed by atoms with van der Waals surface area (Å²) in [4.78, 5) is 36.2. The first-order valence-corrected chi connectivity index (χ1v) is 22.1.